The van der Waals surface area contributed by atoms with Gasteiger partial charge in [0.25, 0.3) is 0 Å². The zero-order valence-corrected chi connectivity index (χ0v) is 58.4. The van der Waals surface area contributed by atoms with E-state index in [1.54, 1.807) is 0 Å². The summed E-state index contributed by atoms with van der Waals surface area (Å²) in [5.74, 6) is 0.787. The van der Waals surface area contributed by atoms with Gasteiger partial charge in [-0.2, -0.15) is 0 Å². The van der Waals surface area contributed by atoms with Crippen molar-refractivity contribution in [3.8, 4) is 0 Å². The number of unbranched alkanes of at least 4 members (excludes halogenated alkanes) is 31. The number of rotatable bonds is 65. The Morgan fingerprint density at radius 3 is 0.713 bits per heavy atom. The summed E-state index contributed by atoms with van der Waals surface area (Å²) in [7, 11) is -9.90. The third-order valence-corrected chi connectivity index (χ3v) is 17.5. The van der Waals surface area contributed by atoms with Crippen LogP contribution in [0.2, 0.25) is 0 Å². The van der Waals surface area contributed by atoms with Crippen molar-refractivity contribution in [2.24, 2.45) is 23.7 Å². The largest absolute Gasteiger partial charge is 0.472 e. The third kappa shape index (κ3) is 62.6. The number of carbonyl (C=O) groups is 4. The van der Waals surface area contributed by atoms with Crippen LogP contribution < -0.4 is 0 Å². The van der Waals surface area contributed by atoms with E-state index in [-0.39, 0.29) is 25.7 Å². The van der Waals surface area contributed by atoms with Crippen molar-refractivity contribution in [2.75, 3.05) is 39.6 Å². The molecule has 0 heterocycles. The highest BCUT2D eigenvalue weighted by Crippen LogP contribution is 2.45. The maximum absolute atomic E-state index is 13.0. The van der Waals surface area contributed by atoms with Gasteiger partial charge < -0.3 is 33.8 Å². The Hall–Kier alpha value is -1.94. The zero-order chi connectivity index (χ0) is 64.7. The molecule has 0 radical (unpaired) electrons. The Bertz CT molecular complexity index is 1730. The summed E-state index contributed by atoms with van der Waals surface area (Å²) >= 11 is 0. The van der Waals surface area contributed by atoms with Crippen molar-refractivity contribution in [2.45, 2.75) is 350 Å². The van der Waals surface area contributed by atoms with E-state index in [0.717, 1.165) is 114 Å². The van der Waals surface area contributed by atoms with Gasteiger partial charge >= 0.3 is 39.5 Å². The van der Waals surface area contributed by atoms with Gasteiger partial charge in [-0.15, -0.1) is 0 Å². The molecule has 0 bridgehead atoms. The lowest BCUT2D eigenvalue weighted by molar-refractivity contribution is -0.161. The number of ether oxygens (including phenoxy) is 4. The lowest BCUT2D eigenvalue weighted by Gasteiger charge is -2.21. The molecule has 0 aliphatic heterocycles. The van der Waals surface area contributed by atoms with Gasteiger partial charge in [-0.3, -0.25) is 37.3 Å². The van der Waals surface area contributed by atoms with Gasteiger partial charge in [0.1, 0.15) is 19.3 Å². The van der Waals surface area contributed by atoms with Gasteiger partial charge in [-0.25, -0.2) is 9.13 Å². The van der Waals surface area contributed by atoms with Crippen molar-refractivity contribution in [3.05, 3.63) is 0 Å². The Balaban J connectivity index is 5.24. The van der Waals surface area contributed by atoms with Crippen LogP contribution in [0.4, 0.5) is 0 Å². The summed E-state index contributed by atoms with van der Waals surface area (Å²) < 4.78 is 68.2. The second kappa shape index (κ2) is 57.9. The quantitative estimate of drug-likeness (QED) is 0.0222. The van der Waals surface area contributed by atoms with Gasteiger partial charge in [0, 0.05) is 25.7 Å². The van der Waals surface area contributed by atoms with Crippen molar-refractivity contribution in [1.82, 2.24) is 0 Å². The third-order valence-electron chi connectivity index (χ3n) is 15.6. The Labute approximate surface area is 530 Å². The summed E-state index contributed by atoms with van der Waals surface area (Å²) in [4.78, 5) is 72.4. The molecule has 0 aromatic rings. The van der Waals surface area contributed by atoms with E-state index in [1.165, 1.54) is 128 Å². The van der Waals surface area contributed by atoms with Crippen LogP contribution in [0.1, 0.15) is 331 Å². The molecule has 516 valence electrons. The maximum atomic E-state index is 13.0. The Morgan fingerprint density at radius 1 is 0.287 bits per heavy atom. The molecule has 0 saturated heterocycles. The van der Waals surface area contributed by atoms with Crippen LogP contribution in [0.25, 0.3) is 0 Å². The lowest BCUT2D eigenvalue weighted by atomic mass is 10.0. The predicted molar refractivity (Wildman–Crippen MR) is 349 cm³/mol. The molecule has 87 heavy (non-hydrogen) atoms. The minimum Gasteiger partial charge on any atom is -0.462 e. The van der Waals surface area contributed by atoms with Crippen LogP contribution in [-0.2, 0) is 65.4 Å². The second-order valence-corrected chi connectivity index (χ2v) is 29.4. The molecule has 0 spiro atoms. The molecule has 0 aromatic carbocycles. The van der Waals surface area contributed by atoms with Gasteiger partial charge in [-0.1, -0.05) is 280 Å². The molecule has 0 amide bonds. The SMILES string of the molecule is CC(C)CCCCCCCCCCCCCC(=O)O[C@H](COC(=O)CCCCCCCCC(C)C)COP(=O)(O)OC[C@H](O)COP(=O)(O)OC[C@@H](COC(=O)CCCCCCCCCCCCC(C)C)OC(=O)CCCCCCCCCCC(C)C. The van der Waals surface area contributed by atoms with Crippen LogP contribution in [0.15, 0.2) is 0 Å². The van der Waals surface area contributed by atoms with E-state index in [1.807, 2.05) is 0 Å². The first-order valence-electron chi connectivity index (χ1n) is 35.2. The zero-order valence-electron chi connectivity index (χ0n) is 56.6. The average Bonchev–Trinajstić information content (AvgIpc) is 3.68. The molecule has 0 aliphatic carbocycles. The fourth-order valence-electron chi connectivity index (χ4n) is 10.1. The number of carbonyl (C=O) groups excluding carboxylic acids is 4. The molecule has 2 unspecified atom stereocenters. The van der Waals surface area contributed by atoms with Crippen molar-refractivity contribution < 1.29 is 80.2 Å². The summed E-state index contributed by atoms with van der Waals surface area (Å²) in [6.45, 7) is 14.0. The fourth-order valence-corrected chi connectivity index (χ4v) is 11.7. The summed E-state index contributed by atoms with van der Waals surface area (Å²) in [5, 5.41) is 10.6. The topological polar surface area (TPSA) is 237 Å². The first-order valence-corrected chi connectivity index (χ1v) is 38.2. The van der Waals surface area contributed by atoms with Gasteiger partial charge in [0.05, 0.1) is 26.4 Å². The second-order valence-electron chi connectivity index (χ2n) is 26.5. The first-order chi connectivity index (χ1) is 41.6. The Morgan fingerprint density at radius 2 is 0.483 bits per heavy atom. The van der Waals surface area contributed by atoms with Crippen LogP contribution in [-0.4, -0.2) is 96.7 Å². The van der Waals surface area contributed by atoms with Crippen molar-refractivity contribution >= 4 is 39.5 Å². The molecule has 3 N–H and O–H groups in total. The molecule has 0 aromatic heterocycles. The first kappa shape index (κ1) is 85.1. The maximum Gasteiger partial charge on any atom is 0.472 e. The van der Waals surface area contributed by atoms with Crippen molar-refractivity contribution in [3.63, 3.8) is 0 Å². The van der Waals surface area contributed by atoms with Crippen LogP contribution in [0.3, 0.4) is 0 Å². The van der Waals surface area contributed by atoms with E-state index in [2.05, 4.69) is 55.4 Å². The van der Waals surface area contributed by atoms with E-state index in [9.17, 15) is 43.2 Å². The molecule has 0 saturated carbocycles. The number of phosphoric ester groups is 2. The number of phosphoric acid groups is 2. The van der Waals surface area contributed by atoms with Crippen LogP contribution >= 0.6 is 15.6 Å². The minimum absolute atomic E-state index is 0.104. The average molecular weight is 1280 g/mol. The monoisotopic (exact) mass is 1280 g/mol. The van der Waals surface area contributed by atoms with Gasteiger partial charge in [0.2, 0.25) is 0 Å². The molecule has 19 heteroatoms. The molecule has 5 atom stereocenters. The molecule has 0 rings (SSSR count). The van der Waals surface area contributed by atoms with Crippen LogP contribution in [0.5, 0.6) is 0 Å². The number of hydrogen-bond donors (Lipinski definition) is 3. The highest BCUT2D eigenvalue weighted by atomic mass is 31.2. The minimum atomic E-state index is -4.95. The van der Waals surface area contributed by atoms with E-state index < -0.39 is 97.5 Å². The molecular weight excluding hydrogens is 1150 g/mol. The molecule has 0 fully saturated rings. The van der Waals surface area contributed by atoms with E-state index in [0.29, 0.717) is 31.6 Å². The smallest absolute Gasteiger partial charge is 0.462 e. The van der Waals surface area contributed by atoms with E-state index in [4.69, 9.17) is 37.0 Å². The van der Waals surface area contributed by atoms with Crippen molar-refractivity contribution in [1.29, 1.82) is 0 Å². The number of esters is 4. The highest BCUT2D eigenvalue weighted by Gasteiger charge is 2.30. The normalized spacial score (nSPS) is 14.3. The molecular formula is C68H132O17P2. The Kier molecular flexibility index (Phi) is 56.6. The summed E-state index contributed by atoms with van der Waals surface area (Å²) in [6.07, 6.45) is 39.1. The molecule has 0 aliphatic rings. The summed E-state index contributed by atoms with van der Waals surface area (Å²) in [6, 6.07) is 0. The van der Waals surface area contributed by atoms with E-state index >= 15 is 0 Å². The summed E-state index contributed by atoms with van der Waals surface area (Å²) in [5.41, 5.74) is 0. The predicted octanol–water partition coefficient (Wildman–Crippen LogP) is 18.9. The highest BCUT2D eigenvalue weighted by molar-refractivity contribution is 7.47. The number of aliphatic hydroxyl groups is 1. The number of aliphatic hydroxyl groups excluding tert-OH is 1. The standard InChI is InChI=1S/C68H132O17P2/c1-58(2)44-36-28-20-14-10-9-11-17-24-34-42-50-67(72)84-64(55-79-66(71)49-41-33-27-26-31-39-47-61(7)8)57-83-87(76,77)81-53-62(69)52-80-86(74,75)82-56-63(85-68(73)51-43-35-25-19-18-22-30-38-46-60(5)6)54-78-65(70)48-40-32-23-16-13-12-15-21-29-37-45-59(3)4/h58-64,69H,9-57H2,1-8H3,(H,74,75)(H,76,77)/t62-,63-,64-/m1/s1. The van der Waals surface area contributed by atoms with Gasteiger partial charge in [-0.05, 0) is 49.4 Å². The lowest BCUT2D eigenvalue weighted by Crippen LogP contribution is -2.30. The van der Waals surface area contributed by atoms with Crippen LogP contribution in [0, 0.1) is 23.7 Å². The molecule has 17 nitrogen and oxygen atoms in total. The van der Waals surface area contributed by atoms with Gasteiger partial charge in [0.15, 0.2) is 12.2 Å². The number of hydrogen-bond acceptors (Lipinski definition) is 15. The fraction of sp³-hybridized carbons (Fsp3) is 0.941.